The summed E-state index contributed by atoms with van der Waals surface area (Å²) in [6.45, 7) is 2.24. The van der Waals surface area contributed by atoms with Crippen LogP contribution < -0.4 is 10.1 Å². The number of hydrogen-bond acceptors (Lipinski definition) is 5. The highest BCUT2D eigenvalue weighted by Gasteiger charge is 2.17. The molecule has 8 heteroatoms. The van der Waals surface area contributed by atoms with E-state index in [1.165, 1.54) is 31.0 Å². The number of ether oxygens (including phenoxy) is 1. The standard InChI is InChI=1S/C19H25ClN4O2S/c1-13-10-15(8-9-16(13)20)26-11-17-22-23-19(24(17)2)27-12-18(25)21-14-6-4-3-5-7-14/h8-10,14H,3-7,11-12H2,1-2H3,(H,21,25). The van der Waals surface area contributed by atoms with Crippen molar-refractivity contribution in [1.82, 2.24) is 20.1 Å². The van der Waals surface area contributed by atoms with Crippen LogP contribution >= 0.6 is 23.4 Å². The first-order valence-corrected chi connectivity index (χ1v) is 10.6. The first kappa shape index (κ1) is 20.0. The number of aromatic nitrogens is 3. The maximum Gasteiger partial charge on any atom is 0.230 e. The third-order valence-electron chi connectivity index (χ3n) is 4.73. The molecule has 27 heavy (non-hydrogen) atoms. The molecule has 1 heterocycles. The first-order valence-electron chi connectivity index (χ1n) is 9.22. The van der Waals surface area contributed by atoms with E-state index in [0.717, 1.165) is 24.2 Å². The second kappa shape index (κ2) is 9.46. The van der Waals surface area contributed by atoms with Crippen LogP contribution in [0, 0.1) is 6.92 Å². The minimum absolute atomic E-state index is 0.0596. The molecule has 3 rings (SSSR count). The number of nitrogens with zero attached hydrogens (tertiary/aromatic N) is 3. The summed E-state index contributed by atoms with van der Waals surface area (Å²) in [5, 5.41) is 12.9. The van der Waals surface area contributed by atoms with Gasteiger partial charge in [-0.1, -0.05) is 42.6 Å². The number of nitrogens with one attached hydrogen (secondary N) is 1. The van der Waals surface area contributed by atoms with Crippen molar-refractivity contribution in [2.24, 2.45) is 7.05 Å². The van der Waals surface area contributed by atoms with Crippen molar-refractivity contribution in [3.8, 4) is 5.75 Å². The molecule has 1 N–H and O–H groups in total. The summed E-state index contributed by atoms with van der Waals surface area (Å²) >= 11 is 7.43. The second-order valence-electron chi connectivity index (χ2n) is 6.85. The molecule has 0 aliphatic heterocycles. The number of carbonyl (C=O) groups is 1. The zero-order valence-electron chi connectivity index (χ0n) is 15.7. The van der Waals surface area contributed by atoms with Gasteiger partial charge in [0.05, 0.1) is 5.75 Å². The molecule has 1 aromatic heterocycles. The lowest BCUT2D eigenvalue weighted by molar-refractivity contribution is -0.119. The molecule has 0 atom stereocenters. The molecule has 6 nitrogen and oxygen atoms in total. The van der Waals surface area contributed by atoms with Crippen molar-refractivity contribution >= 4 is 29.3 Å². The van der Waals surface area contributed by atoms with Crippen molar-refractivity contribution < 1.29 is 9.53 Å². The smallest absolute Gasteiger partial charge is 0.230 e. The van der Waals surface area contributed by atoms with E-state index in [2.05, 4.69) is 15.5 Å². The molecule has 1 saturated carbocycles. The zero-order chi connectivity index (χ0) is 19.2. The van der Waals surface area contributed by atoms with E-state index in [9.17, 15) is 4.79 Å². The third-order valence-corrected chi connectivity index (χ3v) is 6.17. The van der Waals surface area contributed by atoms with Gasteiger partial charge in [-0.3, -0.25) is 4.79 Å². The lowest BCUT2D eigenvalue weighted by Gasteiger charge is -2.22. The van der Waals surface area contributed by atoms with Gasteiger partial charge in [-0.2, -0.15) is 0 Å². The second-order valence-corrected chi connectivity index (χ2v) is 8.20. The van der Waals surface area contributed by atoms with Crippen LogP contribution in [0.25, 0.3) is 0 Å². The van der Waals surface area contributed by atoms with E-state index in [0.29, 0.717) is 34.4 Å². The molecular formula is C19H25ClN4O2S. The quantitative estimate of drug-likeness (QED) is 0.703. The average Bonchev–Trinajstić information content (AvgIpc) is 3.01. The molecule has 1 aliphatic carbocycles. The molecule has 0 saturated heterocycles. The summed E-state index contributed by atoms with van der Waals surface area (Å²) < 4.78 is 7.64. The fraction of sp³-hybridized carbons (Fsp3) is 0.526. The average molecular weight is 409 g/mol. The van der Waals surface area contributed by atoms with Gasteiger partial charge in [0, 0.05) is 18.1 Å². The predicted octanol–water partition coefficient (Wildman–Crippen LogP) is 3.90. The molecule has 2 aromatic rings. The summed E-state index contributed by atoms with van der Waals surface area (Å²) in [4.78, 5) is 12.1. The highest BCUT2D eigenvalue weighted by atomic mass is 35.5. The van der Waals surface area contributed by atoms with E-state index in [1.807, 2.05) is 36.7 Å². The Labute approximate surface area is 169 Å². The minimum atomic E-state index is 0.0596. The van der Waals surface area contributed by atoms with Gasteiger partial charge in [-0.05, 0) is 43.5 Å². The van der Waals surface area contributed by atoms with Crippen molar-refractivity contribution in [2.75, 3.05) is 5.75 Å². The molecule has 0 radical (unpaired) electrons. The number of benzene rings is 1. The molecule has 146 valence electrons. The monoisotopic (exact) mass is 408 g/mol. The summed E-state index contributed by atoms with van der Waals surface area (Å²) in [5.41, 5.74) is 0.965. The number of rotatable bonds is 7. The van der Waals surface area contributed by atoms with E-state index in [1.54, 1.807) is 0 Å². The van der Waals surface area contributed by atoms with Crippen molar-refractivity contribution in [3.05, 3.63) is 34.6 Å². The normalized spacial score (nSPS) is 14.9. The van der Waals surface area contributed by atoms with Gasteiger partial charge in [-0.25, -0.2) is 0 Å². The van der Waals surface area contributed by atoms with Crippen molar-refractivity contribution in [1.29, 1.82) is 0 Å². The van der Waals surface area contributed by atoms with Crippen molar-refractivity contribution in [3.63, 3.8) is 0 Å². The van der Waals surface area contributed by atoms with Crippen molar-refractivity contribution in [2.45, 2.75) is 56.8 Å². The Morgan fingerprint density at radius 1 is 1.33 bits per heavy atom. The summed E-state index contributed by atoms with van der Waals surface area (Å²) in [7, 11) is 1.88. The number of carbonyl (C=O) groups excluding carboxylic acids is 1. The summed E-state index contributed by atoms with van der Waals surface area (Å²) in [6.07, 6.45) is 5.87. The van der Waals surface area contributed by atoms with Crippen LogP contribution in [-0.4, -0.2) is 32.5 Å². The molecule has 1 aliphatic rings. The van der Waals surface area contributed by atoms with E-state index < -0.39 is 0 Å². The van der Waals surface area contributed by atoms with Crippen LogP contribution in [0.15, 0.2) is 23.4 Å². The highest BCUT2D eigenvalue weighted by Crippen LogP contribution is 2.22. The van der Waals surface area contributed by atoms with Gasteiger partial charge < -0.3 is 14.6 Å². The molecule has 1 amide bonds. The first-order chi connectivity index (χ1) is 13.0. The largest absolute Gasteiger partial charge is 0.486 e. The fourth-order valence-corrected chi connectivity index (χ4v) is 3.96. The van der Waals surface area contributed by atoms with Crippen LogP contribution in [-0.2, 0) is 18.4 Å². The summed E-state index contributed by atoms with van der Waals surface area (Å²) in [5.74, 6) is 1.85. The molecule has 1 aromatic carbocycles. The Morgan fingerprint density at radius 3 is 2.85 bits per heavy atom. The molecule has 0 bridgehead atoms. The van der Waals surface area contributed by atoms with Crippen LogP contribution in [0.1, 0.15) is 43.5 Å². The van der Waals surface area contributed by atoms with E-state index >= 15 is 0 Å². The Balaban J connectivity index is 1.49. The maximum absolute atomic E-state index is 12.1. The number of hydrogen-bond donors (Lipinski definition) is 1. The zero-order valence-corrected chi connectivity index (χ0v) is 17.3. The number of thioether (sulfide) groups is 1. The molecule has 1 fully saturated rings. The Morgan fingerprint density at radius 2 is 2.11 bits per heavy atom. The van der Waals surface area contributed by atoms with Crippen LogP contribution in [0.3, 0.4) is 0 Å². The molecule has 0 unspecified atom stereocenters. The number of aryl methyl sites for hydroxylation is 1. The minimum Gasteiger partial charge on any atom is -0.486 e. The fourth-order valence-electron chi connectivity index (χ4n) is 3.10. The Hall–Kier alpha value is -1.73. The Bertz CT molecular complexity index is 790. The van der Waals surface area contributed by atoms with Gasteiger partial charge >= 0.3 is 0 Å². The topological polar surface area (TPSA) is 69.0 Å². The van der Waals surface area contributed by atoms with E-state index in [-0.39, 0.29) is 5.91 Å². The van der Waals surface area contributed by atoms with Gasteiger partial charge in [0.15, 0.2) is 11.0 Å². The van der Waals surface area contributed by atoms with Crippen LogP contribution in [0.5, 0.6) is 5.75 Å². The van der Waals surface area contributed by atoms with Gasteiger partial charge in [0.1, 0.15) is 12.4 Å². The third kappa shape index (κ3) is 5.62. The number of halogens is 1. The predicted molar refractivity (Wildman–Crippen MR) is 107 cm³/mol. The number of amides is 1. The summed E-state index contributed by atoms with van der Waals surface area (Å²) in [6, 6.07) is 5.87. The van der Waals surface area contributed by atoms with Gasteiger partial charge in [0.25, 0.3) is 0 Å². The van der Waals surface area contributed by atoms with Gasteiger partial charge in [0.2, 0.25) is 5.91 Å². The van der Waals surface area contributed by atoms with E-state index in [4.69, 9.17) is 16.3 Å². The Kier molecular flexibility index (Phi) is 7.01. The SMILES string of the molecule is Cc1cc(OCc2nnc(SCC(=O)NC3CCCCC3)n2C)ccc1Cl. The van der Waals surface area contributed by atoms with Crippen LogP contribution in [0.2, 0.25) is 5.02 Å². The maximum atomic E-state index is 12.1. The lowest BCUT2D eigenvalue weighted by Crippen LogP contribution is -2.37. The van der Waals surface area contributed by atoms with Crippen LogP contribution in [0.4, 0.5) is 0 Å². The molecule has 0 spiro atoms. The lowest BCUT2D eigenvalue weighted by atomic mass is 9.95. The highest BCUT2D eigenvalue weighted by molar-refractivity contribution is 7.99. The molecular weight excluding hydrogens is 384 g/mol. The van der Waals surface area contributed by atoms with Gasteiger partial charge in [-0.15, -0.1) is 10.2 Å².